The first-order valence-electron chi connectivity index (χ1n) is 10.8. The molecule has 4 rings (SSSR count). The molecule has 0 aromatic heterocycles. The van der Waals surface area contributed by atoms with Crippen LogP contribution in [0.5, 0.6) is 0 Å². The molecule has 138 valence electrons. The number of rotatable bonds is 3. The Morgan fingerprint density at radius 1 is 0.958 bits per heavy atom. The topological polar surface area (TPSA) is 64.5 Å². The molecule has 0 spiro atoms. The van der Waals surface area contributed by atoms with Crippen LogP contribution in [0, 0.1) is 34.5 Å². The van der Waals surface area contributed by atoms with Gasteiger partial charge in [-0.25, -0.2) is 0 Å². The second-order valence-electron chi connectivity index (χ2n) is 10.2. The molecule has 4 aliphatic rings. The van der Waals surface area contributed by atoms with Gasteiger partial charge in [-0.15, -0.1) is 0 Å². The molecule has 6 N–H and O–H groups in total. The summed E-state index contributed by atoms with van der Waals surface area (Å²) < 4.78 is 0. The van der Waals surface area contributed by atoms with Crippen LogP contribution in [0.15, 0.2) is 0 Å². The van der Waals surface area contributed by atoms with Gasteiger partial charge in [0.15, 0.2) is 0 Å². The largest absolute Gasteiger partial charge is 0.393 e. The molecule has 3 nitrogen and oxygen atoms in total. The van der Waals surface area contributed by atoms with Gasteiger partial charge in [-0.3, -0.25) is 0 Å². The van der Waals surface area contributed by atoms with Gasteiger partial charge in [-0.2, -0.15) is 0 Å². The first-order valence-corrected chi connectivity index (χ1v) is 10.8. The maximum absolute atomic E-state index is 10.2. The molecule has 0 amide bonds. The average molecular weight is 337 g/mol. The minimum Gasteiger partial charge on any atom is -0.393 e. The number of hydrogen-bond donors (Lipinski definition) is 3. The van der Waals surface area contributed by atoms with Gasteiger partial charge in [-0.05, 0) is 80.5 Å². The molecule has 3 heteroatoms. The van der Waals surface area contributed by atoms with Crippen molar-refractivity contribution in [3.8, 4) is 0 Å². The van der Waals surface area contributed by atoms with Gasteiger partial charge in [-0.1, -0.05) is 13.8 Å². The van der Waals surface area contributed by atoms with Crippen molar-refractivity contribution in [2.75, 3.05) is 13.1 Å². The van der Waals surface area contributed by atoms with E-state index in [1.807, 2.05) is 0 Å². The standard InChI is InChI=1S/C21H38N2O/c1-20-9-7-15(24)13-14(20)3-4-16-17-5-6-19(23-12-11-22)21(17,2)10-8-18(16)20/h14-19,23-24H,3-13,22H2,1-2H3/p+2/t14-,15-,16-,17+,18-,19-,20-,21-/m0/s1. The van der Waals surface area contributed by atoms with Crippen LogP contribution in [0.4, 0.5) is 0 Å². The van der Waals surface area contributed by atoms with Crippen molar-refractivity contribution >= 4 is 0 Å². The number of nitrogens with two attached hydrogens (primary N) is 1. The fourth-order valence-electron chi connectivity index (χ4n) is 7.98. The fraction of sp³-hybridized carbons (Fsp3) is 1.00. The molecular formula is C21H40N2O+2. The lowest BCUT2D eigenvalue weighted by Gasteiger charge is -2.60. The third kappa shape index (κ3) is 2.49. The van der Waals surface area contributed by atoms with Gasteiger partial charge in [0, 0.05) is 11.8 Å². The first kappa shape index (κ1) is 17.3. The molecule has 24 heavy (non-hydrogen) atoms. The van der Waals surface area contributed by atoms with Gasteiger partial charge in [0.25, 0.3) is 0 Å². The third-order valence-corrected chi connectivity index (χ3v) is 9.37. The average Bonchev–Trinajstić information content (AvgIpc) is 2.90. The van der Waals surface area contributed by atoms with Crippen LogP contribution in [0.2, 0.25) is 0 Å². The van der Waals surface area contributed by atoms with E-state index in [9.17, 15) is 5.11 Å². The Labute approximate surface area is 148 Å². The van der Waals surface area contributed by atoms with E-state index < -0.39 is 0 Å². The Morgan fingerprint density at radius 3 is 2.50 bits per heavy atom. The Bertz CT molecular complexity index is 469. The van der Waals surface area contributed by atoms with Crippen molar-refractivity contribution in [3.63, 3.8) is 0 Å². The highest BCUT2D eigenvalue weighted by Gasteiger charge is 2.61. The van der Waals surface area contributed by atoms with Crippen LogP contribution >= 0.6 is 0 Å². The van der Waals surface area contributed by atoms with E-state index in [1.54, 1.807) is 0 Å². The van der Waals surface area contributed by atoms with Crippen molar-refractivity contribution < 1.29 is 16.2 Å². The molecule has 0 saturated heterocycles. The van der Waals surface area contributed by atoms with Crippen LogP contribution < -0.4 is 11.1 Å². The van der Waals surface area contributed by atoms with E-state index >= 15 is 0 Å². The number of aliphatic hydroxyl groups excluding tert-OH is 1. The van der Waals surface area contributed by atoms with E-state index in [2.05, 4.69) is 24.9 Å². The summed E-state index contributed by atoms with van der Waals surface area (Å²) in [6, 6.07) is 0.851. The van der Waals surface area contributed by atoms with Crippen molar-refractivity contribution in [2.24, 2.45) is 34.5 Å². The van der Waals surface area contributed by atoms with E-state index in [1.165, 1.54) is 51.5 Å². The SMILES string of the molecule is C[C@]12CC[C@H](O)C[C@@H]1CC[C@H]1[C@H]3CC[C@H]([NH2+]CC[NH3+])[C@@]3(C)CC[C@@H]12. The van der Waals surface area contributed by atoms with Crippen molar-refractivity contribution in [3.05, 3.63) is 0 Å². The maximum atomic E-state index is 10.2. The van der Waals surface area contributed by atoms with Crippen LogP contribution in [-0.4, -0.2) is 30.3 Å². The molecule has 0 aromatic carbocycles. The van der Waals surface area contributed by atoms with Gasteiger partial charge in [0.05, 0.1) is 12.1 Å². The molecule has 0 bridgehead atoms. The molecular weight excluding hydrogens is 296 g/mol. The molecule has 0 radical (unpaired) electrons. The zero-order valence-electron chi connectivity index (χ0n) is 16.0. The van der Waals surface area contributed by atoms with Crippen LogP contribution in [0.1, 0.15) is 71.6 Å². The highest BCUT2D eigenvalue weighted by atomic mass is 16.3. The predicted octanol–water partition coefficient (Wildman–Crippen LogP) is 1.56. The molecule has 0 aliphatic heterocycles. The quantitative estimate of drug-likeness (QED) is 0.719. The Kier molecular flexibility index (Phi) is 4.50. The second kappa shape index (κ2) is 6.25. The molecule has 0 heterocycles. The summed E-state index contributed by atoms with van der Waals surface area (Å²) in [4.78, 5) is 0. The van der Waals surface area contributed by atoms with Crippen molar-refractivity contribution in [1.82, 2.24) is 0 Å². The maximum Gasteiger partial charge on any atom is 0.125 e. The zero-order chi connectivity index (χ0) is 16.9. The highest BCUT2D eigenvalue weighted by molar-refractivity contribution is 5.09. The lowest BCUT2D eigenvalue weighted by Crippen LogP contribution is -2.95. The van der Waals surface area contributed by atoms with Crippen LogP contribution in [-0.2, 0) is 0 Å². The predicted molar refractivity (Wildman–Crippen MR) is 96.1 cm³/mol. The van der Waals surface area contributed by atoms with Gasteiger partial charge >= 0.3 is 0 Å². The molecule has 4 fully saturated rings. The fourth-order valence-corrected chi connectivity index (χ4v) is 7.98. The second-order valence-corrected chi connectivity index (χ2v) is 10.2. The summed E-state index contributed by atoms with van der Waals surface area (Å²) in [5, 5.41) is 12.8. The first-order chi connectivity index (χ1) is 11.5. The van der Waals surface area contributed by atoms with Crippen molar-refractivity contribution in [2.45, 2.75) is 83.8 Å². The lowest BCUT2D eigenvalue weighted by atomic mass is 9.45. The summed E-state index contributed by atoms with van der Waals surface area (Å²) in [7, 11) is 0. The van der Waals surface area contributed by atoms with Crippen molar-refractivity contribution in [1.29, 1.82) is 0 Å². The van der Waals surface area contributed by atoms with E-state index in [0.717, 1.165) is 49.1 Å². The Hall–Kier alpha value is -0.120. The summed E-state index contributed by atoms with van der Waals surface area (Å²) >= 11 is 0. The molecule has 0 unspecified atom stereocenters. The molecule has 0 aromatic rings. The Balaban J connectivity index is 1.54. The van der Waals surface area contributed by atoms with E-state index in [0.29, 0.717) is 10.8 Å². The zero-order valence-corrected chi connectivity index (χ0v) is 16.0. The van der Waals surface area contributed by atoms with Gasteiger partial charge in [0.2, 0.25) is 0 Å². The Morgan fingerprint density at radius 2 is 1.71 bits per heavy atom. The summed E-state index contributed by atoms with van der Waals surface area (Å²) in [6.07, 6.45) is 12.0. The summed E-state index contributed by atoms with van der Waals surface area (Å²) in [5.41, 5.74) is 5.15. The molecule has 4 aliphatic carbocycles. The smallest absolute Gasteiger partial charge is 0.125 e. The monoisotopic (exact) mass is 336 g/mol. The van der Waals surface area contributed by atoms with Gasteiger partial charge < -0.3 is 16.2 Å². The van der Waals surface area contributed by atoms with Crippen LogP contribution in [0.25, 0.3) is 0 Å². The summed E-state index contributed by atoms with van der Waals surface area (Å²) in [5.74, 6) is 3.67. The number of aliphatic hydroxyl groups is 1. The molecule has 4 saturated carbocycles. The highest BCUT2D eigenvalue weighted by Crippen LogP contribution is 2.65. The molecule has 8 atom stereocenters. The third-order valence-electron chi connectivity index (χ3n) is 9.37. The lowest BCUT2D eigenvalue weighted by molar-refractivity contribution is -0.712. The van der Waals surface area contributed by atoms with E-state index in [4.69, 9.17) is 0 Å². The minimum absolute atomic E-state index is 0.0124. The number of quaternary nitrogens is 2. The van der Waals surface area contributed by atoms with E-state index in [-0.39, 0.29) is 6.10 Å². The van der Waals surface area contributed by atoms with Gasteiger partial charge in [0.1, 0.15) is 13.1 Å². The summed E-state index contributed by atoms with van der Waals surface area (Å²) in [6.45, 7) is 7.50. The number of fused-ring (bicyclic) bond motifs is 5. The normalized spacial score (nSPS) is 54.0. The number of hydrogen-bond acceptors (Lipinski definition) is 1. The minimum atomic E-state index is -0.0124. The van der Waals surface area contributed by atoms with Crippen LogP contribution in [0.3, 0.4) is 0 Å².